The minimum Gasteiger partial charge on any atom is -0.484 e. The molecule has 5 N–H and O–H groups in total. The highest BCUT2D eigenvalue weighted by Gasteiger charge is 2.22. The summed E-state index contributed by atoms with van der Waals surface area (Å²) >= 11 is 0. The topological polar surface area (TPSA) is 129 Å². The number of amides is 1. The van der Waals surface area contributed by atoms with Crippen LogP contribution in [0.4, 0.5) is 11.5 Å². The first-order chi connectivity index (χ1) is 18.5. The molecule has 9 heteroatoms. The Balaban J connectivity index is 1.38. The van der Waals surface area contributed by atoms with Crippen molar-refractivity contribution in [3.05, 3.63) is 71.6 Å². The van der Waals surface area contributed by atoms with E-state index in [2.05, 4.69) is 22.6 Å². The minimum atomic E-state index is -0.0959. The summed E-state index contributed by atoms with van der Waals surface area (Å²) in [4.78, 5) is 24.3. The molecule has 1 aliphatic carbocycles. The molecule has 0 atom stereocenters. The third-order valence-electron chi connectivity index (χ3n) is 7.00. The molecule has 1 aromatic heterocycles. The first-order valence-electron chi connectivity index (χ1n) is 12.9. The van der Waals surface area contributed by atoms with Crippen LogP contribution in [0, 0.1) is 5.41 Å². The summed E-state index contributed by atoms with van der Waals surface area (Å²) in [5, 5.41) is 14.0. The van der Waals surface area contributed by atoms with Crippen molar-refractivity contribution >= 4 is 29.2 Å². The van der Waals surface area contributed by atoms with Gasteiger partial charge in [-0.2, -0.15) is 0 Å². The van der Waals surface area contributed by atoms with Crippen molar-refractivity contribution in [2.75, 3.05) is 25.5 Å². The number of hydrogen-bond acceptors (Lipinski definition) is 8. The fourth-order valence-corrected chi connectivity index (χ4v) is 4.59. The van der Waals surface area contributed by atoms with Crippen LogP contribution in [0.25, 0.3) is 17.0 Å². The van der Waals surface area contributed by atoms with Crippen molar-refractivity contribution < 1.29 is 9.53 Å². The summed E-state index contributed by atoms with van der Waals surface area (Å²) in [6, 6.07) is 15.6. The zero-order valence-corrected chi connectivity index (χ0v) is 21.5. The van der Waals surface area contributed by atoms with Gasteiger partial charge in [0.15, 0.2) is 12.4 Å². The molecule has 0 spiro atoms. The zero-order valence-electron chi connectivity index (χ0n) is 21.5. The second kappa shape index (κ2) is 11.4. The van der Waals surface area contributed by atoms with Crippen LogP contribution < -0.4 is 21.1 Å². The third-order valence-corrected chi connectivity index (χ3v) is 7.00. The number of likely N-dealkylation sites (N-methyl/N-ethyl adjacent to an activating group) is 1. The van der Waals surface area contributed by atoms with E-state index in [0.717, 1.165) is 66.2 Å². The van der Waals surface area contributed by atoms with Crippen LogP contribution in [-0.2, 0) is 17.8 Å². The molecule has 2 aliphatic rings. The molecule has 1 amide bonds. The van der Waals surface area contributed by atoms with Crippen molar-refractivity contribution in [2.24, 2.45) is 5.73 Å². The minimum absolute atomic E-state index is 0.0147. The number of allylic oxidation sites excluding steroid dienone is 1. The zero-order chi connectivity index (χ0) is 26.5. The lowest BCUT2D eigenvalue weighted by Crippen LogP contribution is -2.41. The molecule has 0 unspecified atom stereocenters. The molecule has 38 heavy (non-hydrogen) atoms. The van der Waals surface area contributed by atoms with Gasteiger partial charge in [0, 0.05) is 60.4 Å². The fraction of sp³-hybridized carbons (Fsp3) is 0.310. The van der Waals surface area contributed by atoms with E-state index in [-0.39, 0.29) is 18.6 Å². The van der Waals surface area contributed by atoms with E-state index in [0.29, 0.717) is 17.1 Å². The monoisotopic (exact) mass is 511 g/mol. The maximum Gasteiger partial charge on any atom is 0.258 e. The highest BCUT2D eigenvalue weighted by atomic mass is 16.5. The Kier molecular flexibility index (Phi) is 7.65. The molecule has 2 aromatic carbocycles. The first-order valence-corrected chi connectivity index (χ1v) is 12.9. The number of anilines is 2. The molecule has 1 saturated carbocycles. The summed E-state index contributed by atoms with van der Waals surface area (Å²) in [6.07, 6.45) is 6.76. The van der Waals surface area contributed by atoms with Crippen LogP contribution in [-0.4, -0.2) is 53.2 Å². The van der Waals surface area contributed by atoms with Crippen LogP contribution >= 0.6 is 0 Å². The number of carbonyl (C=O) groups is 1. The van der Waals surface area contributed by atoms with E-state index in [1.165, 1.54) is 18.8 Å². The number of carbonyl (C=O) groups excluding carboxylic acids is 1. The number of rotatable bonds is 9. The molecule has 1 fully saturated rings. The van der Waals surface area contributed by atoms with Gasteiger partial charge in [0.05, 0.1) is 5.69 Å². The summed E-state index contributed by atoms with van der Waals surface area (Å²) in [7, 11) is 2.09. The number of hydrogen-bond donors (Lipinski definition) is 4. The van der Waals surface area contributed by atoms with E-state index < -0.39 is 0 Å². The Labute approximate surface area is 222 Å². The fourth-order valence-electron chi connectivity index (χ4n) is 4.59. The second-order valence-corrected chi connectivity index (χ2v) is 9.79. The molecular formula is C29H33N7O2. The predicted octanol–water partition coefficient (Wildman–Crippen LogP) is 3.87. The number of nitrogens with two attached hydrogens (primary N) is 1. The van der Waals surface area contributed by atoms with Gasteiger partial charge in [-0.25, -0.2) is 9.97 Å². The van der Waals surface area contributed by atoms with E-state index >= 15 is 0 Å². The van der Waals surface area contributed by atoms with Crippen LogP contribution in [0.2, 0.25) is 0 Å². The highest BCUT2D eigenvalue weighted by Crippen LogP contribution is 2.30. The molecule has 9 nitrogen and oxygen atoms in total. The number of ether oxygens (including phenoxy) is 1. The summed E-state index contributed by atoms with van der Waals surface area (Å²) in [5.41, 5.74) is 11.0. The van der Waals surface area contributed by atoms with Crippen molar-refractivity contribution in [1.29, 1.82) is 5.41 Å². The van der Waals surface area contributed by atoms with Gasteiger partial charge in [0.1, 0.15) is 11.6 Å². The molecule has 0 radical (unpaired) electrons. The van der Waals surface area contributed by atoms with E-state index in [1.54, 1.807) is 0 Å². The number of nitrogens with one attached hydrogen (secondary N) is 3. The van der Waals surface area contributed by atoms with Gasteiger partial charge in [-0.05, 0) is 56.1 Å². The standard InChI is InChI=1S/C29H33N7O2/c1-36-13-12-26-25(17-36)29(33-23-10-8-19(9-11-23)21(15-30)16-31)35-28(34-26)20-4-2-7-24(14-20)38-18-27(37)32-22-5-3-6-22/h2,4,7-11,14-16,22,30H,3,5-6,12-13,17-18,31H2,1H3,(H,32,37)(H,33,34,35)/b21-16+,30-15?. The Morgan fingerprint density at radius 3 is 2.74 bits per heavy atom. The molecule has 196 valence electrons. The van der Waals surface area contributed by atoms with Gasteiger partial charge in [0.25, 0.3) is 5.91 Å². The molecular weight excluding hydrogens is 478 g/mol. The number of fused-ring (bicyclic) bond motifs is 1. The first kappa shape index (κ1) is 25.4. The van der Waals surface area contributed by atoms with E-state index in [1.807, 2.05) is 48.5 Å². The predicted molar refractivity (Wildman–Crippen MR) is 149 cm³/mol. The molecule has 3 aromatic rings. The van der Waals surface area contributed by atoms with Crippen molar-refractivity contribution in [1.82, 2.24) is 20.2 Å². The van der Waals surface area contributed by atoms with Crippen molar-refractivity contribution in [2.45, 2.75) is 38.3 Å². The Morgan fingerprint density at radius 1 is 1.21 bits per heavy atom. The van der Waals surface area contributed by atoms with E-state index in [9.17, 15) is 4.79 Å². The lowest BCUT2D eigenvalue weighted by molar-refractivity contribution is -0.124. The second-order valence-electron chi connectivity index (χ2n) is 9.79. The normalized spacial score (nSPS) is 15.8. The Morgan fingerprint density at radius 2 is 2.03 bits per heavy atom. The number of benzene rings is 2. The average Bonchev–Trinajstić information content (AvgIpc) is 2.91. The lowest BCUT2D eigenvalue weighted by Gasteiger charge is -2.26. The lowest BCUT2D eigenvalue weighted by atomic mass is 9.93. The summed E-state index contributed by atoms with van der Waals surface area (Å²) in [5.74, 6) is 1.87. The average molecular weight is 512 g/mol. The Bertz CT molecular complexity index is 1350. The Hall–Kier alpha value is -4.24. The van der Waals surface area contributed by atoms with E-state index in [4.69, 9.17) is 25.8 Å². The molecule has 5 rings (SSSR count). The van der Waals surface area contributed by atoms with Gasteiger partial charge in [0.2, 0.25) is 0 Å². The van der Waals surface area contributed by atoms with Crippen LogP contribution in [0.15, 0.2) is 54.7 Å². The molecule has 0 bridgehead atoms. The molecule has 2 heterocycles. The number of nitrogens with zero attached hydrogens (tertiary/aromatic N) is 3. The summed E-state index contributed by atoms with van der Waals surface area (Å²) in [6.45, 7) is 1.66. The van der Waals surface area contributed by atoms with Crippen LogP contribution in [0.3, 0.4) is 0 Å². The van der Waals surface area contributed by atoms with Crippen LogP contribution in [0.5, 0.6) is 5.75 Å². The number of aromatic nitrogens is 2. The van der Waals surface area contributed by atoms with Crippen molar-refractivity contribution in [3.8, 4) is 17.1 Å². The molecule has 0 saturated heterocycles. The maximum atomic E-state index is 12.2. The third kappa shape index (κ3) is 5.84. The highest BCUT2D eigenvalue weighted by molar-refractivity contribution is 6.08. The van der Waals surface area contributed by atoms with Gasteiger partial charge < -0.3 is 31.4 Å². The largest absolute Gasteiger partial charge is 0.484 e. The van der Waals surface area contributed by atoms with Gasteiger partial charge >= 0.3 is 0 Å². The van der Waals surface area contributed by atoms with Gasteiger partial charge in [-0.3, -0.25) is 4.79 Å². The summed E-state index contributed by atoms with van der Waals surface area (Å²) < 4.78 is 5.78. The quantitative estimate of drug-likeness (QED) is 0.321. The van der Waals surface area contributed by atoms with Crippen LogP contribution in [0.1, 0.15) is 36.1 Å². The van der Waals surface area contributed by atoms with Gasteiger partial charge in [-0.1, -0.05) is 24.3 Å². The smallest absolute Gasteiger partial charge is 0.258 e. The SMILES string of the molecule is CN1CCc2nc(-c3cccc(OCC(=O)NC4CCC4)c3)nc(Nc3ccc(/C(C=N)=C/N)cc3)c2C1. The van der Waals surface area contributed by atoms with Crippen molar-refractivity contribution in [3.63, 3.8) is 0 Å². The van der Waals surface area contributed by atoms with Gasteiger partial charge in [-0.15, -0.1) is 0 Å². The maximum absolute atomic E-state index is 12.2. The molecule has 1 aliphatic heterocycles.